The Balaban J connectivity index is 2.58. The Morgan fingerprint density at radius 2 is 2.07 bits per heavy atom. The fourth-order valence-electron chi connectivity index (χ4n) is 0.931. The molecule has 0 radical (unpaired) electrons. The molecule has 80 valence electrons. The van der Waals surface area contributed by atoms with Gasteiger partial charge in [0, 0.05) is 10.6 Å². The number of nitrogens with two attached hydrogens (primary N) is 1. The van der Waals surface area contributed by atoms with Crippen molar-refractivity contribution in [2.75, 3.05) is 12.3 Å². The minimum absolute atomic E-state index is 0.361. The summed E-state index contributed by atoms with van der Waals surface area (Å²) in [6.07, 6.45) is 0. The van der Waals surface area contributed by atoms with Crippen molar-refractivity contribution in [3.8, 4) is 0 Å². The molecule has 4 heteroatoms. The summed E-state index contributed by atoms with van der Waals surface area (Å²) >= 11 is 1.28. The largest absolute Gasteiger partial charge is 0.462 e. The van der Waals surface area contributed by atoms with Gasteiger partial charge in [0.25, 0.3) is 0 Å². The Hall–Kier alpha value is -1.42. The van der Waals surface area contributed by atoms with E-state index in [0.717, 1.165) is 4.90 Å². The molecule has 1 aromatic carbocycles. The molecule has 0 heterocycles. The normalized spacial score (nSPS) is 9.67. The van der Waals surface area contributed by atoms with Crippen LogP contribution in [-0.2, 0) is 9.53 Å². The molecule has 15 heavy (non-hydrogen) atoms. The summed E-state index contributed by atoms with van der Waals surface area (Å²) < 4.78 is 4.82. The molecule has 0 bridgehead atoms. The number of benzene rings is 1. The van der Waals surface area contributed by atoms with Crippen LogP contribution in [0.1, 0.15) is 6.92 Å². The van der Waals surface area contributed by atoms with E-state index in [1.54, 1.807) is 19.1 Å². The predicted octanol–water partition coefficient (Wildman–Crippen LogP) is 2.44. The van der Waals surface area contributed by atoms with Gasteiger partial charge in [0.2, 0.25) is 0 Å². The molecule has 0 aliphatic rings. The van der Waals surface area contributed by atoms with E-state index in [9.17, 15) is 4.79 Å². The first-order chi connectivity index (χ1) is 7.13. The van der Waals surface area contributed by atoms with E-state index in [2.05, 4.69) is 6.58 Å². The summed E-state index contributed by atoms with van der Waals surface area (Å²) in [7, 11) is 0. The monoisotopic (exact) mass is 223 g/mol. The standard InChI is InChI=1S/C11H13NO2S/c1-3-14-11(13)8(2)15-10-6-4-9(12)5-7-10/h4-7H,2-3,12H2,1H3. The van der Waals surface area contributed by atoms with Crippen LogP contribution in [0.3, 0.4) is 0 Å². The van der Waals surface area contributed by atoms with Crippen molar-refractivity contribution < 1.29 is 9.53 Å². The SMILES string of the molecule is C=C(Sc1ccc(N)cc1)C(=O)OCC. The highest BCUT2D eigenvalue weighted by Gasteiger charge is 2.08. The first-order valence-electron chi connectivity index (χ1n) is 4.53. The molecule has 1 aromatic rings. The number of nitrogen functional groups attached to an aromatic ring is 1. The Morgan fingerprint density at radius 3 is 2.60 bits per heavy atom. The number of esters is 1. The zero-order chi connectivity index (χ0) is 11.3. The molecule has 3 nitrogen and oxygen atoms in total. The molecule has 2 N–H and O–H groups in total. The van der Waals surface area contributed by atoms with E-state index >= 15 is 0 Å². The van der Waals surface area contributed by atoms with Crippen LogP contribution in [-0.4, -0.2) is 12.6 Å². The summed E-state index contributed by atoms with van der Waals surface area (Å²) in [4.78, 5) is 12.5. The van der Waals surface area contributed by atoms with Crippen LogP contribution in [0.15, 0.2) is 40.6 Å². The Kier molecular flexibility index (Phi) is 4.24. The van der Waals surface area contributed by atoms with E-state index in [1.165, 1.54) is 11.8 Å². The average molecular weight is 223 g/mol. The zero-order valence-electron chi connectivity index (χ0n) is 8.53. The van der Waals surface area contributed by atoms with E-state index < -0.39 is 0 Å². The maximum Gasteiger partial charge on any atom is 0.344 e. The maximum atomic E-state index is 11.2. The molecule has 0 saturated carbocycles. The fraction of sp³-hybridized carbons (Fsp3) is 0.182. The minimum Gasteiger partial charge on any atom is -0.462 e. The summed E-state index contributed by atoms with van der Waals surface area (Å²) in [5.74, 6) is -0.376. The van der Waals surface area contributed by atoms with Gasteiger partial charge < -0.3 is 10.5 Å². The predicted molar refractivity (Wildman–Crippen MR) is 62.5 cm³/mol. The van der Waals surface area contributed by atoms with E-state index in [4.69, 9.17) is 10.5 Å². The molecular formula is C11H13NO2S. The topological polar surface area (TPSA) is 52.3 Å². The zero-order valence-corrected chi connectivity index (χ0v) is 9.34. The smallest absolute Gasteiger partial charge is 0.344 e. The number of hydrogen-bond acceptors (Lipinski definition) is 4. The van der Waals surface area contributed by atoms with Gasteiger partial charge in [-0.15, -0.1) is 0 Å². The van der Waals surface area contributed by atoms with Crippen molar-refractivity contribution in [3.63, 3.8) is 0 Å². The van der Waals surface area contributed by atoms with Crippen LogP contribution in [0.5, 0.6) is 0 Å². The molecule has 1 rings (SSSR count). The van der Waals surface area contributed by atoms with E-state index in [-0.39, 0.29) is 5.97 Å². The highest BCUT2D eigenvalue weighted by Crippen LogP contribution is 2.26. The summed E-state index contributed by atoms with van der Waals surface area (Å²) in [6.45, 7) is 5.77. The lowest BCUT2D eigenvalue weighted by molar-refractivity contribution is -0.137. The van der Waals surface area contributed by atoms with E-state index in [1.807, 2.05) is 12.1 Å². The van der Waals surface area contributed by atoms with Crippen LogP contribution >= 0.6 is 11.8 Å². The lowest BCUT2D eigenvalue weighted by Gasteiger charge is -2.04. The highest BCUT2D eigenvalue weighted by molar-refractivity contribution is 8.04. The second kappa shape index (κ2) is 5.46. The number of ether oxygens (including phenoxy) is 1. The average Bonchev–Trinajstić information content (AvgIpc) is 2.22. The number of anilines is 1. The molecule has 0 atom stereocenters. The molecule has 0 aliphatic heterocycles. The highest BCUT2D eigenvalue weighted by atomic mass is 32.2. The van der Waals surface area contributed by atoms with Crippen molar-refractivity contribution in [3.05, 3.63) is 35.7 Å². The van der Waals surface area contributed by atoms with Gasteiger partial charge in [0.1, 0.15) is 0 Å². The molecule has 0 aliphatic carbocycles. The van der Waals surface area contributed by atoms with Gasteiger partial charge in [0.15, 0.2) is 0 Å². The second-order valence-electron chi connectivity index (χ2n) is 2.81. The second-order valence-corrected chi connectivity index (χ2v) is 3.98. The first-order valence-corrected chi connectivity index (χ1v) is 5.34. The van der Waals surface area contributed by atoms with Gasteiger partial charge in [-0.05, 0) is 31.2 Å². The van der Waals surface area contributed by atoms with Gasteiger partial charge in [-0.3, -0.25) is 0 Å². The van der Waals surface area contributed by atoms with Crippen molar-refractivity contribution >= 4 is 23.4 Å². The van der Waals surface area contributed by atoms with Gasteiger partial charge in [-0.1, -0.05) is 18.3 Å². The van der Waals surface area contributed by atoms with Crippen LogP contribution in [0.2, 0.25) is 0 Å². The van der Waals surface area contributed by atoms with Gasteiger partial charge in [-0.25, -0.2) is 4.79 Å². The summed E-state index contributed by atoms with van der Waals surface area (Å²) in [6, 6.07) is 7.23. The lowest BCUT2D eigenvalue weighted by atomic mass is 10.3. The Morgan fingerprint density at radius 1 is 1.47 bits per heavy atom. The quantitative estimate of drug-likeness (QED) is 0.368. The van der Waals surface area contributed by atoms with Crippen molar-refractivity contribution in [1.29, 1.82) is 0 Å². The molecule has 0 unspecified atom stereocenters. The third-order valence-corrected chi connectivity index (χ3v) is 2.55. The summed E-state index contributed by atoms with van der Waals surface area (Å²) in [5.41, 5.74) is 6.24. The number of hydrogen-bond donors (Lipinski definition) is 1. The first kappa shape index (κ1) is 11.7. The van der Waals surface area contributed by atoms with Crippen molar-refractivity contribution in [2.24, 2.45) is 0 Å². The molecule has 0 fully saturated rings. The number of carbonyl (C=O) groups excluding carboxylic acids is 1. The maximum absolute atomic E-state index is 11.2. The van der Waals surface area contributed by atoms with Crippen molar-refractivity contribution in [1.82, 2.24) is 0 Å². The molecular weight excluding hydrogens is 210 g/mol. The fourth-order valence-corrected chi connectivity index (χ4v) is 1.63. The molecule has 0 amide bonds. The number of carbonyl (C=O) groups is 1. The number of rotatable bonds is 4. The van der Waals surface area contributed by atoms with Crippen LogP contribution in [0.25, 0.3) is 0 Å². The van der Waals surface area contributed by atoms with Crippen LogP contribution in [0.4, 0.5) is 5.69 Å². The van der Waals surface area contributed by atoms with Gasteiger partial charge in [-0.2, -0.15) is 0 Å². The molecule has 0 saturated heterocycles. The third kappa shape index (κ3) is 3.67. The lowest BCUT2D eigenvalue weighted by Crippen LogP contribution is -2.03. The third-order valence-electron chi connectivity index (χ3n) is 1.62. The summed E-state index contributed by atoms with van der Waals surface area (Å²) in [5, 5.41) is 0. The minimum atomic E-state index is -0.376. The molecule has 0 spiro atoms. The van der Waals surface area contributed by atoms with Crippen LogP contribution < -0.4 is 5.73 Å². The van der Waals surface area contributed by atoms with E-state index in [0.29, 0.717) is 17.2 Å². The Bertz CT molecular complexity index is 359. The number of thioether (sulfide) groups is 1. The van der Waals surface area contributed by atoms with Gasteiger partial charge >= 0.3 is 5.97 Å². The van der Waals surface area contributed by atoms with Crippen molar-refractivity contribution in [2.45, 2.75) is 11.8 Å². The Labute approximate surface area is 93.3 Å². The molecule has 0 aromatic heterocycles. The van der Waals surface area contributed by atoms with Gasteiger partial charge in [0.05, 0.1) is 11.5 Å². The van der Waals surface area contributed by atoms with Crippen LogP contribution in [0, 0.1) is 0 Å².